The molecule has 3 aromatic rings. The largest absolute Gasteiger partial charge is 0.394 e. The van der Waals surface area contributed by atoms with Crippen LogP contribution in [0, 0.1) is 0 Å². The first-order valence-corrected chi connectivity index (χ1v) is 8.42. The van der Waals surface area contributed by atoms with Crippen molar-refractivity contribution in [2.24, 2.45) is 0 Å². The Bertz CT molecular complexity index is 870. The fourth-order valence-electron chi connectivity index (χ4n) is 2.40. The van der Waals surface area contributed by atoms with Crippen molar-refractivity contribution in [2.45, 2.75) is 19.7 Å². The van der Waals surface area contributed by atoms with E-state index in [1.165, 1.54) is 6.20 Å². The van der Waals surface area contributed by atoms with Crippen LogP contribution in [0.2, 0.25) is 5.02 Å². The molecular formula is C17H19ClN6O2. The molecule has 0 fully saturated rings. The van der Waals surface area contributed by atoms with Crippen LogP contribution in [-0.2, 0) is 19.7 Å². The molecule has 8 nitrogen and oxygen atoms in total. The third-order valence-electron chi connectivity index (χ3n) is 3.70. The summed E-state index contributed by atoms with van der Waals surface area (Å²) in [5, 5.41) is 29.1. The summed E-state index contributed by atoms with van der Waals surface area (Å²) in [5.41, 5.74) is 2.52. The minimum Gasteiger partial charge on any atom is -0.394 e. The predicted octanol–water partition coefficient (Wildman–Crippen LogP) is 2.17. The Hall–Kier alpha value is -2.68. The molecule has 3 rings (SSSR count). The summed E-state index contributed by atoms with van der Waals surface area (Å²) in [5.74, 6) is 0.857. The van der Waals surface area contributed by atoms with Crippen LogP contribution >= 0.6 is 11.6 Å². The minimum atomic E-state index is -0.0278. The highest BCUT2D eigenvalue weighted by Crippen LogP contribution is 2.22. The topological polar surface area (TPSA) is 108 Å². The highest BCUT2D eigenvalue weighted by atomic mass is 35.5. The number of rotatable bonds is 8. The maximum absolute atomic E-state index is 9.41. The second-order valence-corrected chi connectivity index (χ2v) is 5.92. The molecule has 2 aromatic heterocycles. The van der Waals surface area contributed by atoms with Crippen molar-refractivity contribution in [3.63, 3.8) is 0 Å². The molecule has 0 bridgehead atoms. The van der Waals surface area contributed by atoms with E-state index in [9.17, 15) is 5.11 Å². The van der Waals surface area contributed by atoms with Crippen molar-refractivity contribution < 1.29 is 10.2 Å². The molecule has 0 aliphatic carbocycles. The Kier molecular flexibility index (Phi) is 6.00. The first-order valence-electron chi connectivity index (χ1n) is 8.04. The summed E-state index contributed by atoms with van der Waals surface area (Å²) in [7, 11) is 0. The van der Waals surface area contributed by atoms with Crippen LogP contribution in [0.25, 0.3) is 0 Å². The van der Waals surface area contributed by atoms with E-state index in [0.717, 1.165) is 11.1 Å². The second-order valence-electron chi connectivity index (χ2n) is 5.51. The molecule has 2 heterocycles. The number of nitrogens with zero attached hydrogens (tertiary/aromatic N) is 4. The summed E-state index contributed by atoms with van der Waals surface area (Å²) >= 11 is 6.18. The van der Waals surface area contributed by atoms with Crippen molar-refractivity contribution in [1.29, 1.82) is 0 Å². The number of halogens is 1. The van der Waals surface area contributed by atoms with E-state index >= 15 is 0 Å². The third-order valence-corrected chi connectivity index (χ3v) is 3.97. The van der Waals surface area contributed by atoms with Gasteiger partial charge in [-0.1, -0.05) is 35.9 Å². The lowest BCUT2D eigenvalue weighted by atomic mass is 10.1. The average Bonchev–Trinajstić information content (AvgIpc) is 3.09. The van der Waals surface area contributed by atoms with Crippen LogP contribution in [0.1, 0.15) is 11.1 Å². The van der Waals surface area contributed by atoms with Crippen molar-refractivity contribution >= 4 is 29.1 Å². The van der Waals surface area contributed by atoms with E-state index in [1.54, 1.807) is 17.1 Å². The Labute approximate surface area is 155 Å². The Morgan fingerprint density at radius 2 is 1.92 bits per heavy atom. The zero-order chi connectivity index (χ0) is 18.4. The molecule has 0 radical (unpaired) electrons. The fourth-order valence-corrected chi connectivity index (χ4v) is 2.55. The minimum absolute atomic E-state index is 0.0158. The number of nitrogens with one attached hydrogen (secondary N) is 2. The Morgan fingerprint density at radius 1 is 1.12 bits per heavy atom. The van der Waals surface area contributed by atoms with Gasteiger partial charge in [-0.2, -0.15) is 10.1 Å². The zero-order valence-corrected chi connectivity index (χ0v) is 14.7. The lowest BCUT2D eigenvalue weighted by molar-refractivity contribution is 0.269. The molecular weight excluding hydrogens is 356 g/mol. The molecule has 0 atom stereocenters. The summed E-state index contributed by atoms with van der Waals surface area (Å²) in [6.07, 6.45) is 4.88. The van der Waals surface area contributed by atoms with Crippen LogP contribution in [0.4, 0.5) is 17.5 Å². The van der Waals surface area contributed by atoms with Gasteiger partial charge in [-0.05, 0) is 11.1 Å². The van der Waals surface area contributed by atoms with Crippen LogP contribution in [0.5, 0.6) is 0 Å². The number of benzene rings is 1. The molecule has 1 aromatic carbocycles. The third kappa shape index (κ3) is 4.48. The number of aliphatic hydroxyl groups excluding tert-OH is 2. The van der Waals surface area contributed by atoms with E-state index in [0.29, 0.717) is 35.6 Å². The molecule has 4 N–H and O–H groups in total. The lowest BCUT2D eigenvalue weighted by Gasteiger charge is -2.11. The van der Waals surface area contributed by atoms with E-state index in [4.69, 9.17) is 16.7 Å². The quantitative estimate of drug-likeness (QED) is 0.478. The van der Waals surface area contributed by atoms with E-state index in [1.807, 2.05) is 24.3 Å². The van der Waals surface area contributed by atoms with Crippen molar-refractivity contribution in [3.05, 3.63) is 59.0 Å². The molecule has 0 aliphatic rings. The highest BCUT2D eigenvalue weighted by molar-refractivity contribution is 6.32. The van der Waals surface area contributed by atoms with Gasteiger partial charge in [0.25, 0.3) is 0 Å². The van der Waals surface area contributed by atoms with Gasteiger partial charge >= 0.3 is 0 Å². The van der Waals surface area contributed by atoms with Gasteiger partial charge in [0.05, 0.1) is 37.8 Å². The molecule has 0 saturated carbocycles. The molecule has 0 unspecified atom stereocenters. The van der Waals surface area contributed by atoms with Crippen LogP contribution < -0.4 is 10.6 Å². The van der Waals surface area contributed by atoms with Gasteiger partial charge in [-0.25, -0.2) is 4.98 Å². The van der Waals surface area contributed by atoms with E-state index < -0.39 is 0 Å². The van der Waals surface area contributed by atoms with Gasteiger partial charge in [-0.3, -0.25) is 4.68 Å². The first-order chi connectivity index (χ1) is 12.7. The zero-order valence-electron chi connectivity index (χ0n) is 13.9. The molecule has 0 amide bonds. The van der Waals surface area contributed by atoms with Crippen molar-refractivity contribution in [1.82, 2.24) is 19.7 Å². The van der Waals surface area contributed by atoms with Gasteiger partial charge in [-0.15, -0.1) is 0 Å². The van der Waals surface area contributed by atoms with E-state index in [-0.39, 0.29) is 13.2 Å². The molecule has 0 saturated heterocycles. The van der Waals surface area contributed by atoms with Gasteiger partial charge < -0.3 is 20.8 Å². The highest BCUT2D eigenvalue weighted by Gasteiger charge is 2.08. The van der Waals surface area contributed by atoms with Crippen molar-refractivity contribution in [3.8, 4) is 0 Å². The number of aromatic nitrogens is 4. The van der Waals surface area contributed by atoms with Gasteiger partial charge in [0.2, 0.25) is 5.95 Å². The molecule has 26 heavy (non-hydrogen) atoms. The Balaban J connectivity index is 1.70. The summed E-state index contributed by atoms with van der Waals surface area (Å²) < 4.78 is 1.61. The number of hydrogen-bond acceptors (Lipinski definition) is 7. The smallest absolute Gasteiger partial charge is 0.229 e. The number of hydrogen-bond donors (Lipinski definition) is 4. The summed E-state index contributed by atoms with van der Waals surface area (Å²) in [4.78, 5) is 8.54. The number of anilines is 3. The number of aliphatic hydroxyl groups is 2. The summed E-state index contributed by atoms with van der Waals surface area (Å²) in [6, 6.07) is 7.60. The van der Waals surface area contributed by atoms with E-state index in [2.05, 4.69) is 25.7 Å². The van der Waals surface area contributed by atoms with Gasteiger partial charge in [0.1, 0.15) is 5.02 Å². The maximum atomic E-state index is 9.41. The maximum Gasteiger partial charge on any atom is 0.229 e. The first kappa shape index (κ1) is 18.1. The van der Waals surface area contributed by atoms with Crippen LogP contribution in [0.3, 0.4) is 0 Å². The van der Waals surface area contributed by atoms with Crippen LogP contribution in [-0.4, -0.2) is 36.6 Å². The normalized spacial score (nSPS) is 10.7. The molecule has 0 aliphatic heterocycles. The van der Waals surface area contributed by atoms with Crippen LogP contribution in [0.15, 0.2) is 42.9 Å². The standard InChI is InChI=1S/C17H19ClN6O2/c18-15-9-20-17(22-14-8-21-24(10-14)5-6-25)23-16(15)19-7-12-3-1-2-4-13(12)11-26/h1-4,8-10,25-26H,5-7,11H2,(H2,19,20,22,23). The average molecular weight is 375 g/mol. The Morgan fingerprint density at radius 3 is 2.69 bits per heavy atom. The van der Waals surface area contributed by atoms with Crippen molar-refractivity contribution in [2.75, 3.05) is 17.2 Å². The molecule has 9 heteroatoms. The fraction of sp³-hybridized carbons (Fsp3) is 0.235. The molecule has 136 valence electrons. The van der Waals surface area contributed by atoms with Gasteiger partial charge in [0.15, 0.2) is 5.82 Å². The summed E-state index contributed by atoms with van der Waals surface area (Å²) in [6.45, 7) is 0.878. The van der Waals surface area contributed by atoms with Gasteiger partial charge in [0, 0.05) is 12.7 Å². The monoisotopic (exact) mass is 374 g/mol. The predicted molar refractivity (Wildman–Crippen MR) is 99.3 cm³/mol. The molecule has 0 spiro atoms. The second kappa shape index (κ2) is 8.61. The lowest BCUT2D eigenvalue weighted by Crippen LogP contribution is -2.07. The SMILES string of the molecule is OCCn1cc(Nc2ncc(Cl)c(NCc3ccccc3CO)n2)cn1.